The predicted octanol–water partition coefficient (Wildman–Crippen LogP) is 0.860. The molecule has 0 atom stereocenters. The molecule has 0 aromatic carbocycles. The molecule has 0 bridgehead atoms. The Morgan fingerprint density at radius 1 is 1.35 bits per heavy atom. The van der Waals surface area contributed by atoms with Gasteiger partial charge in [-0.1, -0.05) is 12.8 Å². The van der Waals surface area contributed by atoms with Crippen LogP contribution in [-0.4, -0.2) is 44.0 Å². The van der Waals surface area contributed by atoms with Gasteiger partial charge in [-0.15, -0.1) is 10.2 Å². The second-order valence-corrected chi connectivity index (χ2v) is 5.33. The molecular weight excluding hydrogens is 216 g/mol. The summed E-state index contributed by atoms with van der Waals surface area (Å²) in [4.78, 5) is 2.13. The predicted molar refractivity (Wildman–Crippen MR) is 65.5 cm³/mol. The van der Waals surface area contributed by atoms with Crippen molar-refractivity contribution in [2.24, 2.45) is 7.05 Å². The van der Waals surface area contributed by atoms with Gasteiger partial charge in [-0.05, 0) is 26.8 Å². The summed E-state index contributed by atoms with van der Waals surface area (Å²) in [6.45, 7) is 3.40. The summed E-state index contributed by atoms with van der Waals surface area (Å²) in [5, 5.41) is 18.5. The van der Waals surface area contributed by atoms with Gasteiger partial charge in [0.05, 0.1) is 12.1 Å². The van der Waals surface area contributed by atoms with Crippen LogP contribution in [0.3, 0.4) is 0 Å². The molecule has 0 amide bonds. The monoisotopic (exact) mass is 238 g/mol. The first kappa shape index (κ1) is 12.5. The maximum absolute atomic E-state index is 10.3. The van der Waals surface area contributed by atoms with E-state index in [-0.39, 0.29) is 0 Å². The third-order valence-corrected chi connectivity index (χ3v) is 3.69. The minimum Gasteiger partial charge on any atom is -0.389 e. The molecule has 1 fully saturated rings. The largest absolute Gasteiger partial charge is 0.389 e. The Hall–Kier alpha value is -0.940. The number of aryl methyl sites for hydroxylation is 1. The summed E-state index contributed by atoms with van der Waals surface area (Å²) in [7, 11) is 4.00. The average molecular weight is 238 g/mol. The number of nitrogens with zero attached hydrogens (tertiary/aromatic N) is 4. The van der Waals surface area contributed by atoms with Gasteiger partial charge in [-0.25, -0.2) is 0 Å². The summed E-state index contributed by atoms with van der Waals surface area (Å²) >= 11 is 0. The van der Waals surface area contributed by atoms with Gasteiger partial charge < -0.3 is 9.67 Å². The van der Waals surface area contributed by atoms with Crippen molar-refractivity contribution in [2.45, 2.75) is 44.8 Å². The lowest BCUT2D eigenvalue weighted by atomic mass is 10.0. The van der Waals surface area contributed by atoms with Crippen LogP contribution in [0.2, 0.25) is 0 Å². The van der Waals surface area contributed by atoms with E-state index in [9.17, 15) is 5.11 Å². The fourth-order valence-corrected chi connectivity index (χ4v) is 2.58. The molecular formula is C12H22N4O. The van der Waals surface area contributed by atoms with Crippen molar-refractivity contribution in [1.82, 2.24) is 19.7 Å². The van der Waals surface area contributed by atoms with Crippen LogP contribution in [0.4, 0.5) is 0 Å². The third-order valence-electron chi connectivity index (χ3n) is 3.69. The van der Waals surface area contributed by atoms with Crippen molar-refractivity contribution < 1.29 is 5.11 Å². The highest BCUT2D eigenvalue weighted by atomic mass is 16.3. The third kappa shape index (κ3) is 2.84. The zero-order chi connectivity index (χ0) is 12.5. The standard InChI is InChI=1S/C12H22N4O/c1-10-13-14-11(16(10)3)8-15(2)9-12(17)6-4-5-7-12/h17H,4-9H2,1-3H3. The second-order valence-electron chi connectivity index (χ2n) is 5.33. The first-order chi connectivity index (χ1) is 8.00. The van der Waals surface area contributed by atoms with Crippen LogP contribution in [0, 0.1) is 6.92 Å². The van der Waals surface area contributed by atoms with Crippen LogP contribution in [-0.2, 0) is 13.6 Å². The van der Waals surface area contributed by atoms with E-state index in [1.54, 1.807) is 0 Å². The molecule has 5 nitrogen and oxygen atoms in total. The highest BCUT2D eigenvalue weighted by Crippen LogP contribution is 2.30. The molecule has 1 aromatic heterocycles. The fraction of sp³-hybridized carbons (Fsp3) is 0.833. The molecule has 5 heteroatoms. The van der Waals surface area contributed by atoms with Crippen LogP contribution in [0.25, 0.3) is 0 Å². The minimum atomic E-state index is -0.484. The molecule has 0 saturated heterocycles. The van der Waals surface area contributed by atoms with Crippen molar-refractivity contribution in [3.05, 3.63) is 11.6 Å². The van der Waals surface area contributed by atoms with Gasteiger partial charge in [0.15, 0.2) is 0 Å². The maximum Gasteiger partial charge on any atom is 0.146 e. The number of hydrogen-bond acceptors (Lipinski definition) is 4. The molecule has 1 aliphatic carbocycles. The van der Waals surface area contributed by atoms with Crippen LogP contribution < -0.4 is 0 Å². The smallest absolute Gasteiger partial charge is 0.146 e. The molecule has 0 radical (unpaired) electrons. The summed E-state index contributed by atoms with van der Waals surface area (Å²) in [6, 6.07) is 0. The van der Waals surface area contributed by atoms with E-state index in [0.717, 1.165) is 50.4 Å². The number of likely N-dealkylation sites (N-methyl/N-ethyl adjacent to an activating group) is 1. The zero-order valence-electron chi connectivity index (χ0n) is 11.0. The molecule has 1 saturated carbocycles. The molecule has 1 N–H and O–H groups in total. The van der Waals surface area contributed by atoms with Gasteiger partial charge in [0.25, 0.3) is 0 Å². The Bertz CT molecular complexity index is 382. The Balaban J connectivity index is 1.93. The summed E-state index contributed by atoms with van der Waals surface area (Å²) < 4.78 is 2.00. The Kier molecular flexibility index (Phi) is 3.49. The van der Waals surface area contributed by atoms with Crippen molar-refractivity contribution in [1.29, 1.82) is 0 Å². The summed E-state index contributed by atoms with van der Waals surface area (Å²) in [5.41, 5.74) is -0.484. The van der Waals surface area contributed by atoms with Crippen molar-refractivity contribution in [3.63, 3.8) is 0 Å². The summed E-state index contributed by atoms with van der Waals surface area (Å²) in [5.74, 6) is 1.87. The molecule has 1 heterocycles. The quantitative estimate of drug-likeness (QED) is 0.845. The lowest BCUT2D eigenvalue weighted by Gasteiger charge is -2.28. The van der Waals surface area contributed by atoms with Gasteiger partial charge in [0.1, 0.15) is 11.6 Å². The van der Waals surface area contributed by atoms with Gasteiger partial charge in [0, 0.05) is 13.6 Å². The molecule has 1 aliphatic rings. The molecule has 0 spiro atoms. The first-order valence-electron chi connectivity index (χ1n) is 6.26. The molecule has 0 unspecified atom stereocenters. The highest BCUT2D eigenvalue weighted by Gasteiger charge is 2.32. The number of aromatic nitrogens is 3. The minimum absolute atomic E-state index is 0.484. The molecule has 96 valence electrons. The van der Waals surface area contributed by atoms with Gasteiger partial charge >= 0.3 is 0 Å². The van der Waals surface area contributed by atoms with Crippen LogP contribution in [0.1, 0.15) is 37.3 Å². The normalized spacial score (nSPS) is 19.1. The van der Waals surface area contributed by atoms with Crippen LogP contribution >= 0.6 is 0 Å². The Morgan fingerprint density at radius 2 is 2.00 bits per heavy atom. The van der Waals surface area contributed by atoms with E-state index >= 15 is 0 Å². The zero-order valence-corrected chi connectivity index (χ0v) is 11.0. The van der Waals surface area contributed by atoms with E-state index in [2.05, 4.69) is 15.1 Å². The molecule has 17 heavy (non-hydrogen) atoms. The van der Waals surface area contributed by atoms with Gasteiger partial charge in [0.2, 0.25) is 0 Å². The average Bonchev–Trinajstić information content (AvgIpc) is 2.80. The van der Waals surface area contributed by atoms with Crippen LogP contribution in [0.15, 0.2) is 0 Å². The summed E-state index contributed by atoms with van der Waals surface area (Å²) in [6.07, 6.45) is 4.14. The topological polar surface area (TPSA) is 54.2 Å². The molecule has 0 aliphatic heterocycles. The second kappa shape index (κ2) is 4.74. The van der Waals surface area contributed by atoms with E-state index in [0.29, 0.717) is 0 Å². The molecule has 1 aromatic rings. The Morgan fingerprint density at radius 3 is 2.53 bits per heavy atom. The fourth-order valence-electron chi connectivity index (χ4n) is 2.58. The highest BCUT2D eigenvalue weighted by molar-refractivity contribution is 4.93. The van der Waals surface area contributed by atoms with Crippen molar-refractivity contribution >= 4 is 0 Å². The van der Waals surface area contributed by atoms with Crippen LogP contribution in [0.5, 0.6) is 0 Å². The molecule has 2 rings (SSSR count). The number of rotatable bonds is 4. The Labute approximate surface area is 102 Å². The van der Waals surface area contributed by atoms with Crippen molar-refractivity contribution in [3.8, 4) is 0 Å². The maximum atomic E-state index is 10.3. The first-order valence-corrected chi connectivity index (χ1v) is 6.26. The van der Waals surface area contributed by atoms with E-state index < -0.39 is 5.60 Å². The van der Waals surface area contributed by atoms with Crippen molar-refractivity contribution in [2.75, 3.05) is 13.6 Å². The lowest BCUT2D eigenvalue weighted by Crippen LogP contribution is -2.39. The van der Waals surface area contributed by atoms with Gasteiger partial charge in [-0.2, -0.15) is 0 Å². The lowest BCUT2D eigenvalue weighted by molar-refractivity contribution is 0.0138. The van der Waals surface area contributed by atoms with E-state index in [1.807, 2.05) is 25.6 Å². The van der Waals surface area contributed by atoms with Gasteiger partial charge in [-0.3, -0.25) is 4.90 Å². The van der Waals surface area contributed by atoms with E-state index in [1.165, 1.54) is 0 Å². The number of aliphatic hydroxyl groups is 1. The number of hydrogen-bond donors (Lipinski definition) is 1. The SMILES string of the molecule is Cc1nnc(CN(C)CC2(O)CCCC2)n1C. The van der Waals surface area contributed by atoms with E-state index in [4.69, 9.17) is 0 Å².